The zero-order chi connectivity index (χ0) is 20.3. The Morgan fingerprint density at radius 2 is 2.26 bits per heavy atom. The number of benzene rings is 1. The van der Waals surface area contributed by atoms with Crippen LogP contribution >= 0.6 is 9.39 Å². The van der Waals surface area contributed by atoms with Gasteiger partial charge < -0.3 is 9.30 Å². The Hall–Kier alpha value is -1.25. The Morgan fingerprint density at radius 3 is 2.93 bits per heavy atom. The summed E-state index contributed by atoms with van der Waals surface area (Å²) in [6.45, 7) is 9.40. The van der Waals surface area contributed by atoms with Crippen molar-refractivity contribution >= 4 is 28.5 Å². The highest BCUT2D eigenvalue weighted by atomic mass is 31.0. The van der Waals surface area contributed by atoms with Crippen LogP contribution in [0.4, 0.5) is 0 Å². The molecule has 1 fully saturated rings. The van der Waals surface area contributed by atoms with Gasteiger partial charge in [-0.15, -0.1) is 0 Å². The molecule has 2 heterocycles. The van der Waals surface area contributed by atoms with E-state index in [2.05, 4.69) is 44.3 Å². The van der Waals surface area contributed by atoms with Crippen LogP contribution < -0.4 is 0 Å². The fourth-order valence-corrected chi connectivity index (χ4v) is 4.69. The van der Waals surface area contributed by atoms with Gasteiger partial charge in [-0.3, -0.25) is 4.67 Å². The average molecular weight is 404 g/mol. The summed E-state index contributed by atoms with van der Waals surface area (Å²) in [5.41, 5.74) is 2.99. The number of aromatic nitrogens is 2. The Morgan fingerprint density at radius 1 is 1.44 bits per heavy atom. The van der Waals surface area contributed by atoms with Gasteiger partial charge in [0.05, 0.1) is 23.1 Å². The molecule has 7 heteroatoms. The van der Waals surface area contributed by atoms with Crippen LogP contribution in [0.2, 0.25) is 25.7 Å². The Bertz CT molecular complexity index is 860. The van der Waals surface area contributed by atoms with Crippen molar-refractivity contribution in [3.63, 3.8) is 0 Å². The molecule has 1 aliphatic rings. The topological polar surface area (TPSA) is 54.1 Å². The molecule has 2 aromatic rings. The molecule has 0 N–H and O–H groups in total. The maximum absolute atomic E-state index is 8.97. The summed E-state index contributed by atoms with van der Waals surface area (Å²) in [5, 5.41) is 8.97. The molecule has 3 atom stereocenters. The van der Waals surface area contributed by atoms with Gasteiger partial charge in [0.1, 0.15) is 12.6 Å². The van der Waals surface area contributed by atoms with E-state index in [1.165, 1.54) is 6.42 Å². The number of ether oxygens (including phenoxy) is 1. The quantitative estimate of drug-likeness (QED) is 0.363. The van der Waals surface area contributed by atoms with Gasteiger partial charge in [-0.05, 0) is 43.0 Å². The van der Waals surface area contributed by atoms with E-state index in [0.717, 1.165) is 48.0 Å². The normalized spacial score (nSPS) is 20.0. The van der Waals surface area contributed by atoms with Crippen molar-refractivity contribution in [2.75, 3.05) is 13.2 Å². The van der Waals surface area contributed by atoms with Crippen LogP contribution in [-0.2, 0) is 17.9 Å². The molecule has 0 bridgehead atoms. The van der Waals surface area contributed by atoms with E-state index < -0.39 is 14.5 Å². The van der Waals surface area contributed by atoms with Gasteiger partial charge in [0.2, 0.25) is 0 Å². The van der Waals surface area contributed by atoms with Crippen molar-refractivity contribution in [1.29, 1.82) is 5.26 Å². The van der Waals surface area contributed by atoms with E-state index in [1.807, 2.05) is 18.2 Å². The van der Waals surface area contributed by atoms with E-state index >= 15 is 0 Å². The van der Waals surface area contributed by atoms with Crippen molar-refractivity contribution in [3.8, 4) is 6.07 Å². The third-order valence-corrected chi connectivity index (χ3v) is 7.40. The van der Waals surface area contributed by atoms with E-state index in [-0.39, 0.29) is 6.04 Å². The number of nitrogens with zero attached hydrogens (tertiary/aromatic N) is 4. The van der Waals surface area contributed by atoms with Crippen LogP contribution in [0.1, 0.15) is 38.0 Å². The van der Waals surface area contributed by atoms with Gasteiger partial charge >= 0.3 is 0 Å². The maximum Gasteiger partial charge on any atom is 0.129 e. The first-order chi connectivity index (χ1) is 13.3. The first kappa shape index (κ1) is 19.1. The lowest BCUT2D eigenvalue weighted by Gasteiger charge is -2.21. The summed E-state index contributed by atoms with van der Waals surface area (Å²) < 4.78 is 18.3. The standard InChI is InChI=1S/C20H31N4OPSi/c1-27(2,3)13-12-25-15-23-19-14-16(6-4-10-21)8-9-17(19)22-20(23)18-7-5-11-24(18)26/h8-9,14,18H,4-7,11-13,15,26H2,1-3H3/i4D. The Balaban J connectivity index is 1.90. The zero-order valence-electron chi connectivity index (χ0n) is 17.6. The lowest BCUT2D eigenvalue weighted by molar-refractivity contribution is 0.0860. The van der Waals surface area contributed by atoms with E-state index in [1.54, 1.807) is 0 Å². The summed E-state index contributed by atoms with van der Waals surface area (Å²) in [7, 11) is 1.71. The fourth-order valence-electron chi connectivity index (χ4n) is 3.47. The second-order valence-electron chi connectivity index (χ2n) is 8.50. The second-order valence-corrected chi connectivity index (χ2v) is 14.8. The summed E-state index contributed by atoms with van der Waals surface area (Å²) in [4.78, 5) is 4.94. The fraction of sp³-hybridized carbons (Fsp3) is 0.600. The largest absolute Gasteiger partial charge is 0.361 e. The molecule has 1 aromatic carbocycles. The third kappa shape index (κ3) is 5.17. The highest BCUT2D eigenvalue weighted by Gasteiger charge is 2.28. The molecule has 1 aliphatic heterocycles. The van der Waals surface area contributed by atoms with Crippen molar-refractivity contribution in [2.24, 2.45) is 0 Å². The highest BCUT2D eigenvalue weighted by molar-refractivity contribution is 7.13. The number of aryl methyl sites for hydroxylation is 1. The van der Waals surface area contributed by atoms with E-state index in [9.17, 15) is 0 Å². The van der Waals surface area contributed by atoms with Crippen LogP contribution in [0, 0.1) is 11.3 Å². The van der Waals surface area contributed by atoms with E-state index in [0.29, 0.717) is 13.2 Å². The van der Waals surface area contributed by atoms with Crippen LogP contribution in [0.25, 0.3) is 11.0 Å². The Labute approximate surface area is 167 Å². The summed E-state index contributed by atoms with van der Waals surface area (Å²) in [6, 6.07) is 9.50. The molecule has 0 radical (unpaired) electrons. The molecule has 1 aromatic heterocycles. The molecular formula is C20H31N4OPSi. The van der Waals surface area contributed by atoms with Crippen LogP contribution in [0.15, 0.2) is 18.2 Å². The van der Waals surface area contributed by atoms with Gasteiger partial charge in [-0.25, -0.2) is 4.98 Å². The molecule has 3 rings (SSSR count). The zero-order valence-corrected chi connectivity index (χ0v) is 18.8. The van der Waals surface area contributed by atoms with Gasteiger partial charge in [0.15, 0.2) is 0 Å². The first-order valence-electron chi connectivity index (χ1n) is 10.3. The monoisotopic (exact) mass is 403 g/mol. The number of fused-ring (bicyclic) bond motifs is 1. The minimum atomic E-state index is -1.13. The van der Waals surface area contributed by atoms with Crippen LogP contribution in [0.5, 0.6) is 0 Å². The predicted octanol–water partition coefficient (Wildman–Crippen LogP) is 4.73. The number of nitriles is 1. The number of imidazole rings is 1. The molecule has 0 spiro atoms. The first-order valence-corrected chi connectivity index (χ1v) is 13.9. The Kier molecular flexibility index (Phi) is 6.24. The van der Waals surface area contributed by atoms with Gasteiger partial charge in [-0.1, -0.05) is 35.1 Å². The minimum Gasteiger partial charge on any atom is -0.361 e. The van der Waals surface area contributed by atoms with Crippen molar-refractivity contribution < 1.29 is 6.11 Å². The van der Waals surface area contributed by atoms with Gasteiger partial charge in [0.25, 0.3) is 0 Å². The molecule has 5 nitrogen and oxygen atoms in total. The van der Waals surface area contributed by atoms with Crippen molar-refractivity contribution in [2.45, 2.75) is 64.1 Å². The van der Waals surface area contributed by atoms with Crippen LogP contribution in [0.3, 0.4) is 0 Å². The number of hydrogen-bond donors (Lipinski definition) is 0. The molecule has 27 heavy (non-hydrogen) atoms. The molecule has 0 amide bonds. The molecule has 146 valence electrons. The second kappa shape index (κ2) is 8.83. The van der Waals surface area contributed by atoms with Crippen molar-refractivity contribution in [1.82, 2.24) is 14.2 Å². The van der Waals surface area contributed by atoms with Crippen LogP contribution in [-0.4, -0.2) is 35.4 Å². The summed E-state index contributed by atoms with van der Waals surface area (Å²) in [5.74, 6) is 1.05. The van der Waals surface area contributed by atoms with Gasteiger partial charge in [-0.2, -0.15) is 5.26 Å². The maximum atomic E-state index is 8.97. The average Bonchev–Trinajstić information content (AvgIpc) is 3.20. The third-order valence-electron chi connectivity index (χ3n) is 5.08. The summed E-state index contributed by atoms with van der Waals surface area (Å²) >= 11 is 0. The molecule has 0 saturated carbocycles. The SMILES string of the molecule is [2H]C(C#N)Cc1ccc2nc(C3CCCN3P)n(COCC[Si](C)(C)C)c2c1. The highest BCUT2D eigenvalue weighted by Crippen LogP contribution is 2.35. The summed E-state index contributed by atoms with van der Waals surface area (Å²) in [6.07, 6.45) is 1.96. The van der Waals surface area contributed by atoms with Crippen molar-refractivity contribution in [3.05, 3.63) is 29.6 Å². The number of rotatable bonds is 8. The van der Waals surface area contributed by atoms with E-state index in [4.69, 9.17) is 16.4 Å². The molecule has 0 aliphatic carbocycles. The predicted molar refractivity (Wildman–Crippen MR) is 116 cm³/mol. The number of hydrogen-bond acceptors (Lipinski definition) is 4. The lowest BCUT2D eigenvalue weighted by atomic mass is 10.1. The van der Waals surface area contributed by atoms with Gasteiger partial charge in [0, 0.05) is 29.0 Å². The molecule has 1 saturated heterocycles. The molecular weight excluding hydrogens is 371 g/mol. The molecule has 3 unspecified atom stereocenters. The lowest BCUT2D eigenvalue weighted by Crippen LogP contribution is -2.22. The minimum absolute atomic E-state index is 0.282. The smallest absolute Gasteiger partial charge is 0.129 e.